The summed E-state index contributed by atoms with van der Waals surface area (Å²) in [7, 11) is 1.44. The first-order valence-corrected chi connectivity index (χ1v) is 18.4. The molecule has 0 bridgehead atoms. The Hall–Kier alpha value is -1.73. The van der Waals surface area contributed by atoms with E-state index < -0.39 is 0 Å². The maximum atomic E-state index is 11.9. The van der Waals surface area contributed by atoms with Crippen LogP contribution < -0.4 is 0 Å². The van der Waals surface area contributed by atoms with E-state index in [1.807, 2.05) is 46.1 Å². The lowest BCUT2D eigenvalue weighted by atomic mass is 10.0. The predicted molar refractivity (Wildman–Crippen MR) is 180 cm³/mol. The highest BCUT2D eigenvalue weighted by atomic mass is 32.1. The monoisotopic (exact) mass is 612 g/mol. The van der Waals surface area contributed by atoms with Gasteiger partial charge in [0.05, 0.1) is 7.11 Å². The molecule has 6 heteroatoms. The first-order chi connectivity index (χ1) is 19.6. The van der Waals surface area contributed by atoms with Gasteiger partial charge in [-0.1, -0.05) is 78.1 Å². The van der Waals surface area contributed by atoms with Crippen LogP contribution in [0.2, 0.25) is 0 Å². The van der Waals surface area contributed by atoms with Gasteiger partial charge in [-0.25, -0.2) is 4.79 Å². The van der Waals surface area contributed by atoms with Crippen LogP contribution >= 0.6 is 45.3 Å². The third kappa shape index (κ3) is 8.88. The molecule has 0 unspecified atom stereocenters. The Morgan fingerprint density at radius 2 is 1.25 bits per heavy atom. The summed E-state index contributed by atoms with van der Waals surface area (Å²) in [6, 6.07) is 13.3. The second-order valence-corrected chi connectivity index (χ2v) is 14.8. The first kappa shape index (κ1) is 31.2. The molecule has 0 spiro atoms. The maximum Gasteiger partial charge on any atom is 0.348 e. The fraction of sp³-hybridized carbons (Fsp3) is 0.500. The molecule has 0 saturated carbocycles. The SMILES string of the molecule is CCCCCCCCc1csc(-c2sc(-c3ccc(-c4ccc(C(=O)OC)s4)s3)cc2CCCCCCCC)c1. The summed E-state index contributed by atoms with van der Waals surface area (Å²) in [5.41, 5.74) is 3.02. The van der Waals surface area contributed by atoms with E-state index in [1.54, 1.807) is 0 Å². The van der Waals surface area contributed by atoms with Gasteiger partial charge in [0.25, 0.3) is 0 Å². The fourth-order valence-corrected chi connectivity index (χ4v) is 9.47. The Labute approximate surface area is 257 Å². The van der Waals surface area contributed by atoms with Gasteiger partial charge in [0.1, 0.15) is 4.88 Å². The van der Waals surface area contributed by atoms with Gasteiger partial charge in [-0.3, -0.25) is 0 Å². The second kappa shape index (κ2) is 16.6. The summed E-state index contributed by atoms with van der Waals surface area (Å²) in [5, 5.41) is 2.40. The van der Waals surface area contributed by atoms with Crippen molar-refractivity contribution in [3.63, 3.8) is 0 Å². The predicted octanol–water partition coefficient (Wildman–Crippen LogP) is 12.5. The van der Waals surface area contributed by atoms with E-state index in [0.29, 0.717) is 4.88 Å². The van der Waals surface area contributed by atoms with Crippen LogP contribution in [0.15, 0.2) is 41.8 Å². The number of hydrogen-bond donors (Lipinski definition) is 0. The van der Waals surface area contributed by atoms with Gasteiger partial charge >= 0.3 is 5.97 Å². The molecule has 0 aromatic carbocycles. The number of esters is 1. The number of carbonyl (C=O) groups excluding carboxylic acids is 1. The summed E-state index contributed by atoms with van der Waals surface area (Å²) in [6.07, 6.45) is 18.4. The van der Waals surface area contributed by atoms with E-state index in [4.69, 9.17) is 4.74 Å². The van der Waals surface area contributed by atoms with Crippen molar-refractivity contribution in [1.29, 1.82) is 0 Å². The number of hydrogen-bond acceptors (Lipinski definition) is 6. The summed E-state index contributed by atoms with van der Waals surface area (Å²) < 4.78 is 4.90. The smallest absolute Gasteiger partial charge is 0.348 e. The Kier molecular flexibility index (Phi) is 13.0. The van der Waals surface area contributed by atoms with Crippen LogP contribution in [-0.2, 0) is 17.6 Å². The first-order valence-electron chi connectivity index (χ1n) is 15.1. The molecule has 4 rings (SSSR count). The Morgan fingerprint density at radius 3 is 1.95 bits per heavy atom. The Morgan fingerprint density at radius 1 is 0.650 bits per heavy atom. The topological polar surface area (TPSA) is 26.3 Å². The highest BCUT2D eigenvalue weighted by Crippen LogP contribution is 2.45. The van der Waals surface area contributed by atoms with Gasteiger partial charge < -0.3 is 4.74 Å². The third-order valence-corrected chi connectivity index (χ3v) is 12.3. The average molecular weight is 613 g/mol. The zero-order valence-electron chi connectivity index (χ0n) is 24.4. The van der Waals surface area contributed by atoms with Crippen molar-refractivity contribution in [1.82, 2.24) is 0 Å². The van der Waals surface area contributed by atoms with Gasteiger partial charge in [0.2, 0.25) is 0 Å². The van der Waals surface area contributed by atoms with Crippen molar-refractivity contribution in [3.8, 4) is 29.3 Å². The average Bonchev–Trinajstić information content (AvgIpc) is 3.78. The lowest BCUT2D eigenvalue weighted by molar-refractivity contribution is 0.0606. The van der Waals surface area contributed by atoms with E-state index in [0.717, 1.165) is 11.3 Å². The molecule has 0 aliphatic rings. The van der Waals surface area contributed by atoms with Gasteiger partial charge in [0, 0.05) is 29.3 Å². The lowest BCUT2D eigenvalue weighted by Crippen LogP contribution is -1.96. The molecule has 216 valence electrons. The van der Waals surface area contributed by atoms with Gasteiger partial charge in [-0.15, -0.1) is 45.3 Å². The quantitative estimate of drug-likeness (QED) is 0.0825. The van der Waals surface area contributed by atoms with Crippen LogP contribution in [0.25, 0.3) is 29.3 Å². The molecule has 4 aromatic rings. The van der Waals surface area contributed by atoms with Crippen molar-refractivity contribution in [2.75, 3.05) is 7.11 Å². The molecule has 0 fully saturated rings. The molecular formula is C34H44O2S4. The summed E-state index contributed by atoms with van der Waals surface area (Å²) in [5.74, 6) is -0.262. The summed E-state index contributed by atoms with van der Waals surface area (Å²) in [6.45, 7) is 4.57. The van der Waals surface area contributed by atoms with E-state index >= 15 is 0 Å². The molecule has 4 heterocycles. The van der Waals surface area contributed by atoms with Crippen molar-refractivity contribution in [2.45, 2.75) is 104 Å². The number of unbranched alkanes of at least 4 members (excludes halogenated alkanes) is 10. The van der Waals surface area contributed by atoms with Crippen LogP contribution in [-0.4, -0.2) is 13.1 Å². The van der Waals surface area contributed by atoms with Crippen LogP contribution in [0, 0.1) is 0 Å². The lowest BCUT2D eigenvalue weighted by Gasteiger charge is -2.03. The van der Waals surface area contributed by atoms with Gasteiger partial charge in [-0.2, -0.15) is 0 Å². The van der Waals surface area contributed by atoms with Crippen molar-refractivity contribution in [3.05, 3.63) is 57.8 Å². The Balaban J connectivity index is 1.48. The van der Waals surface area contributed by atoms with Crippen LogP contribution in [0.1, 0.15) is 112 Å². The molecule has 40 heavy (non-hydrogen) atoms. The molecule has 0 saturated heterocycles. The second-order valence-electron chi connectivity index (χ2n) is 10.6. The van der Waals surface area contributed by atoms with Crippen LogP contribution in [0.3, 0.4) is 0 Å². The molecule has 4 aromatic heterocycles. The standard InChI is InChI=1S/C34H44O2S4/c1-4-6-8-10-12-14-16-25-22-32(37-24-25)33-26(17-15-13-11-9-7-5-2)23-31(40-33)29-19-18-27(38-29)28-20-21-30(39-28)34(35)36-3/h18-24H,4-17H2,1-3H3. The minimum Gasteiger partial charge on any atom is -0.465 e. The molecule has 0 aliphatic heterocycles. The largest absolute Gasteiger partial charge is 0.465 e. The highest BCUT2D eigenvalue weighted by molar-refractivity contribution is 7.28. The maximum absolute atomic E-state index is 11.9. The number of aryl methyl sites for hydroxylation is 2. The normalized spacial score (nSPS) is 11.4. The number of methoxy groups -OCH3 is 1. The number of carbonyl (C=O) groups is 1. The highest BCUT2D eigenvalue weighted by Gasteiger charge is 2.17. The molecular weight excluding hydrogens is 569 g/mol. The molecule has 0 amide bonds. The fourth-order valence-electron chi connectivity index (χ4n) is 5.06. The van der Waals surface area contributed by atoms with E-state index in [1.165, 1.54) is 137 Å². The number of ether oxygens (including phenoxy) is 1. The molecule has 0 aliphatic carbocycles. The molecule has 0 N–H and O–H groups in total. The van der Waals surface area contributed by atoms with Crippen LogP contribution in [0.4, 0.5) is 0 Å². The number of thiophene rings is 4. The van der Waals surface area contributed by atoms with E-state index in [-0.39, 0.29) is 5.97 Å². The van der Waals surface area contributed by atoms with Crippen molar-refractivity contribution >= 4 is 51.3 Å². The van der Waals surface area contributed by atoms with E-state index in [9.17, 15) is 4.79 Å². The molecule has 0 radical (unpaired) electrons. The van der Waals surface area contributed by atoms with Gasteiger partial charge in [-0.05, 0) is 78.6 Å². The summed E-state index contributed by atoms with van der Waals surface area (Å²) >= 11 is 7.22. The molecule has 0 atom stereocenters. The number of rotatable bonds is 18. The third-order valence-electron chi connectivity index (χ3n) is 7.39. The zero-order valence-corrected chi connectivity index (χ0v) is 27.7. The minimum atomic E-state index is -0.262. The van der Waals surface area contributed by atoms with E-state index in [2.05, 4.69) is 43.5 Å². The van der Waals surface area contributed by atoms with Crippen molar-refractivity contribution < 1.29 is 9.53 Å². The van der Waals surface area contributed by atoms with Crippen LogP contribution in [0.5, 0.6) is 0 Å². The summed E-state index contributed by atoms with van der Waals surface area (Å²) in [4.78, 5) is 20.5. The van der Waals surface area contributed by atoms with Crippen molar-refractivity contribution in [2.24, 2.45) is 0 Å². The molecule has 2 nitrogen and oxygen atoms in total. The minimum absolute atomic E-state index is 0.262. The zero-order chi connectivity index (χ0) is 28.2. The van der Waals surface area contributed by atoms with Gasteiger partial charge in [0.15, 0.2) is 0 Å². The Bertz CT molecular complexity index is 1300.